The van der Waals surface area contributed by atoms with Gasteiger partial charge in [0.2, 0.25) is 0 Å². The molecule has 0 fully saturated rings. The second kappa shape index (κ2) is 12.0. The molecule has 0 aliphatic heterocycles. The van der Waals surface area contributed by atoms with Crippen molar-refractivity contribution in [3.63, 3.8) is 0 Å². The Morgan fingerprint density at radius 2 is 1.04 bits per heavy atom. The summed E-state index contributed by atoms with van der Waals surface area (Å²) >= 11 is 6.40. The highest BCUT2D eigenvalue weighted by atomic mass is 35.5. The molecule has 0 spiro atoms. The summed E-state index contributed by atoms with van der Waals surface area (Å²) < 4.78 is 0. The number of halogens is 1. The predicted octanol–water partition coefficient (Wildman–Crippen LogP) is 10.4. The zero-order chi connectivity index (χ0) is 30.8. The Hall–Kier alpha value is -5.38. The number of rotatable bonds is 6. The first-order valence-electron chi connectivity index (χ1n) is 15.0. The molecule has 0 N–H and O–H groups in total. The van der Waals surface area contributed by atoms with Gasteiger partial charge in [0.15, 0.2) is 17.5 Å². The minimum absolute atomic E-state index is 0.584. The summed E-state index contributed by atoms with van der Waals surface area (Å²) in [5, 5.41) is 0.701. The van der Waals surface area contributed by atoms with E-state index in [1.165, 1.54) is 5.56 Å². The summed E-state index contributed by atoms with van der Waals surface area (Å²) in [6, 6.07) is 45.4. The average molecular weight is 600 g/mol. The molecule has 0 saturated carbocycles. The maximum Gasteiger partial charge on any atom is 0.164 e. The zero-order valence-corrected chi connectivity index (χ0v) is 25.6. The molecule has 0 radical (unpaired) electrons. The van der Waals surface area contributed by atoms with Crippen molar-refractivity contribution in [1.82, 2.24) is 15.0 Å². The molecule has 1 aliphatic carbocycles. The molecule has 0 saturated heterocycles. The summed E-state index contributed by atoms with van der Waals surface area (Å²) in [5.74, 6) is 1.90. The average Bonchev–Trinajstić information content (AvgIpc) is 3.36. The molecule has 5 aromatic carbocycles. The fourth-order valence-electron chi connectivity index (χ4n) is 6.30. The van der Waals surface area contributed by atoms with Crippen molar-refractivity contribution in [2.24, 2.45) is 0 Å². The lowest BCUT2D eigenvalue weighted by molar-refractivity contribution is 0.769. The van der Waals surface area contributed by atoms with Gasteiger partial charge in [-0.3, -0.25) is 0 Å². The van der Waals surface area contributed by atoms with E-state index in [0.29, 0.717) is 22.5 Å². The molecule has 3 nitrogen and oxygen atoms in total. The maximum absolute atomic E-state index is 6.40. The highest BCUT2D eigenvalue weighted by molar-refractivity contribution is 6.30. The van der Waals surface area contributed by atoms with Gasteiger partial charge in [-0.25, -0.2) is 15.0 Å². The first-order valence-corrected chi connectivity index (χ1v) is 15.3. The van der Waals surface area contributed by atoms with Crippen molar-refractivity contribution in [2.45, 2.75) is 12.3 Å². The quantitative estimate of drug-likeness (QED) is 0.191. The van der Waals surface area contributed by atoms with Crippen LogP contribution in [0.3, 0.4) is 0 Å². The lowest BCUT2D eigenvalue weighted by Crippen LogP contribution is -2.28. The standard InChI is InChI=1S/C41H30ClN3/c1-3-4-18-36-28(2)35-17-11-12-19-37(35)41(36,33-24-26-34(42)27-25-33)32-22-20-31(21-23-32)40-44-38(29-13-7-5-8-14-29)43-39(45-40)30-15-9-6-10-16-30/h3-27H,2H2,1H3/b4-3-,36-18+. The lowest BCUT2D eigenvalue weighted by atomic mass is 9.67. The van der Waals surface area contributed by atoms with Crippen LogP contribution in [0.15, 0.2) is 164 Å². The molecule has 1 unspecified atom stereocenters. The van der Waals surface area contributed by atoms with Gasteiger partial charge in [0.05, 0.1) is 5.41 Å². The van der Waals surface area contributed by atoms with Crippen molar-refractivity contribution in [3.8, 4) is 34.2 Å². The Kier molecular flexibility index (Phi) is 7.54. The zero-order valence-electron chi connectivity index (χ0n) is 24.9. The van der Waals surface area contributed by atoms with Gasteiger partial charge in [-0.05, 0) is 52.5 Å². The van der Waals surface area contributed by atoms with Crippen molar-refractivity contribution in [2.75, 3.05) is 0 Å². The first kappa shape index (κ1) is 28.4. The van der Waals surface area contributed by atoms with E-state index in [-0.39, 0.29) is 0 Å². The largest absolute Gasteiger partial charge is 0.208 e. The van der Waals surface area contributed by atoms with E-state index in [4.69, 9.17) is 26.6 Å². The van der Waals surface area contributed by atoms with E-state index in [9.17, 15) is 0 Å². The summed E-state index contributed by atoms with van der Waals surface area (Å²) in [4.78, 5) is 14.7. The van der Waals surface area contributed by atoms with Crippen LogP contribution in [0.2, 0.25) is 5.02 Å². The van der Waals surface area contributed by atoms with Crippen LogP contribution >= 0.6 is 11.6 Å². The Bertz CT molecular complexity index is 2010. The molecular formula is C41H30ClN3. The summed E-state index contributed by atoms with van der Waals surface area (Å²) in [7, 11) is 0. The normalized spacial score (nSPS) is 16.8. The smallest absolute Gasteiger partial charge is 0.164 e. The number of fused-ring (bicyclic) bond motifs is 1. The van der Waals surface area contributed by atoms with Crippen LogP contribution in [0.5, 0.6) is 0 Å². The van der Waals surface area contributed by atoms with Gasteiger partial charge in [-0.2, -0.15) is 0 Å². The van der Waals surface area contributed by atoms with Gasteiger partial charge in [-0.15, -0.1) is 0 Å². The maximum atomic E-state index is 6.40. The molecule has 0 amide bonds. The Balaban J connectivity index is 1.42. The number of benzene rings is 5. The van der Waals surface area contributed by atoms with Crippen LogP contribution in [0.25, 0.3) is 39.7 Å². The molecule has 216 valence electrons. The molecule has 1 aliphatic rings. The Morgan fingerprint density at radius 1 is 0.578 bits per heavy atom. The topological polar surface area (TPSA) is 38.7 Å². The lowest BCUT2D eigenvalue weighted by Gasteiger charge is -2.34. The molecule has 0 bridgehead atoms. The monoisotopic (exact) mass is 599 g/mol. The molecule has 1 aromatic heterocycles. The number of aromatic nitrogens is 3. The van der Waals surface area contributed by atoms with Crippen molar-refractivity contribution in [1.29, 1.82) is 0 Å². The van der Waals surface area contributed by atoms with Gasteiger partial charge in [0.25, 0.3) is 0 Å². The minimum Gasteiger partial charge on any atom is -0.208 e. The van der Waals surface area contributed by atoms with E-state index in [1.54, 1.807) is 0 Å². The minimum atomic E-state index is -0.584. The predicted molar refractivity (Wildman–Crippen MR) is 186 cm³/mol. The molecule has 1 atom stereocenters. The van der Waals surface area contributed by atoms with Crippen LogP contribution in [0.1, 0.15) is 29.2 Å². The van der Waals surface area contributed by atoms with Gasteiger partial charge >= 0.3 is 0 Å². The third-order valence-corrected chi connectivity index (χ3v) is 8.65. The highest BCUT2D eigenvalue weighted by Gasteiger charge is 2.47. The molecule has 7 rings (SSSR count). The second-order valence-electron chi connectivity index (χ2n) is 11.0. The van der Waals surface area contributed by atoms with Gasteiger partial charge in [0, 0.05) is 21.7 Å². The molecular weight excluding hydrogens is 570 g/mol. The van der Waals surface area contributed by atoms with Crippen LogP contribution in [0, 0.1) is 0 Å². The fraction of sp³-hybridized carbons (Fsp3) is 0.0488. The molecule has 4 heteroatoms. The fourth-order valence-corrected chi connectivity index (χ4v) is 6.43. The van der Waals surface area contributed by atoms with Gasteiger partial charge < -0.3 is 0 Å². The second-order valence-corrected chi connectivity index (χ2v) is 11.4. The SMILES string of the molecule is C=C1/C(=C\C=C/C)C(c2ccc(Cl)cc2)(c2ccc(-c3nc(-c4ccccc4)nc(-c4ccccc4)n3)cc2)c2ccccc21. The molecule has 6 aromatic rings. The summed E-state index contributed by atoms with van der Waals surface area (Å²) in [6.45, 7) is 6.61. The van der Waals surface area contributed by atoms with Crippen molar-refractivity contribution < 1.29 is 0 Å². The number of hydrogen-bond donors (Lipinski definition) is 0. The van der Waals surface area contributed by atoms with Gasteiger partial charge in [-0.1, -0.05) is 158 Å². The van der Waals surface area contributed by atoms with Crippen LogP contribution < -0.4 is 0 Å². The Morgan fingerprint density at radius 3 is 1.58 bits per heavy atom. The van der Waals surface area contributed by atoms with E-state index < -0.39 is 5.41 Å². The number of hydrogen-bond acceptors (Lipinski definition) is 3. The van der Waals surface area contributed by atoms with Crippen LogP contribution in [-0.2, 0) is 5.41 Å². The van der Waals surface area contributed by atoms with Crippen LogP contribution in [-0.4, -0.2) is 15.0 Å². The molecule has 45 heavy (non-hydrogen) atoms. The van der Waals surface area contributed by atoms with Crippen molar-refractivity contribution >= 4 is 17.2 Å². The third-order valence-electron chi connectivity index (χ3n) is 8.39. The Labute approximate surface area is 269 Å². The van der Waals surface area contributed by atoms with Gasteiger partial charge in [0.1, 0.15) is 0 Å². The van der Waals surface area contributed by atoms with Crippen molar-refractivity contribution in [3.05, 3.63) is 191 Å². The van der Waals surface area contributed by atoms with Crippen LogP contribution in [0.4, 0.5) is 0 Å². The first-order chi connectivity index (χ1) is 22.1. The van der Waals surface area contributed by atoms with E-state index in [0.717, 1.165) is 44.5 Å². The number of nitrogens with zero attached hydrogens (tertiary/aromatic N) is 3. The summed E-state index contributed by atoms with van der Waals surface area (Å²) in [5.41, 5.74) is 8.94. The van der Waals surface area contributed by atoms with E-state index >= 15 is 0 Å². The number of allylic oxidation sites excluding steroid dienone is 5. The molecule has 1 heterocycles. The van der Waals surface area contributed by atoms with E-state index in [1.807, 2.05) is 79.7 Å². The third kappa shape index (κ3) is 5.02. The van der Waals surface area contributed by atoms with E-state index in [2.05, 4.69) is 85.5 Å². The highest BCUT2D eigenvalue weighted by Crippen LogP contribution is 2.56. The summed E-state index contributed by atoms with van der Waals surface area (Å²) in [6.07, 6.45) is 6.33.